The first kappa shape index (κ1) is 20.6. The van der Waals surface area contributed by atoms with E-state index in [2.05, 4.69) is 18.7 Å². The molecule has 1 aliphatic rings. The van der Waals surface area contributed by atoms with E-state index in [0.717, 1.165) is 31.6 Å². The van der Waals surface area contributed by atoms with Gasteiger partial charge in [-0.1, -0.05) is 55.8 Å². The quantitative estimate of drug-likeness (QED) is 0.550. The minimum Gasteiger partial charge on any atom is -0.450 e. The molecule has 1 atom stereocenters. The van der Waals surface area contributed by atoms with Crippen LogP contribution in [0, 0.1) is 0 Å². The Balaban J connectivity index is 1.79. The summed E-state index contributed by atoms with van der Waals surface area (Å²) in [5.41, 5.74) is 1.50. The van der Waals surface area contributed by atoms with Gasteiger partial charge in [0, 0.05) is 11.6 Å². The molecule has 2 aromatic carbocycles. The molecule has 0 spiro atoms. The molecule has 2 heterocycles. The van der Waals surface area contributed by atoms with E-state index in [0.29, 0.717) is 28.1 Å². The van der Waals surface area contributed by atoms with Crippen LogP contribution >= 0.6 is 11.6 Å². The van der Waals surface area contributed by atoms with Gasteiger partial charge in [-0.2, -0.15) is 0 Å². The van der Waals surface area contributed by atoms with E-state index in [1.807, 2.05) is 30.3 Å². The molecule has 6 heteroatoms. The van der Waals surface area contributed by atoms with Gasteiger partial charge < -0.3 is 14.2 Å². The molecule has 0 fully saturated rings. The summed E-state index contributed by atoms with van der Waals surface area (Å²) >= 11 is 6.12. The molecule has 0 N–H and O–H groups in total. The summed E-state index contributed by atoms with van der Waals surface area (Å²) in [7, 11) is 0. The summed E-state index contributed by atoms with van der Waals surface area (Å²) in [6.45, 7) is 7.65. The lowest BCUT2D eigenvalue weighted by Crippen LogP contribution is -2.33. The van der Waals surface area contributed by atoms with Crippen molar-refractivity contribution in [2.75, 3.05) is 26.2 Å². The maximum absolute atomic E-state index is 13.4. The largest absolute Gasteiger partial charge is 0.450 e. The fraction of sp³-hybridized carbons (Fsp3) is 0.333. The van der Waals surface area contributed by atoms with Crippen molar-refractivity contribution in [3.05, 3.63) is 80.7 Å². The average molecular weight is 425 g/mol. The summed E-state index contributed by atoms with van der Waals surface area (Å²) in [5.74, 6) is -0.0844. The number of hydrogen-bond donors (Lipinski definition) is 0. The van der Waals surface area contributed by atoms with Crippen LogP contribution in [0.25, 0.3) is 11.0 Å². The molecule has 1 amide bonds. The van der Waals surface area contributed by atoms with Crippen LogP contribution in [0.15, 0.2) is 57.7 Å². The number of rotatable bonds is 7. The smallest absolute Gasteiger partial charge is 0.290 e. The number of hydrogen-bond acceptors (Lipinski definition) is 4. The topological polar surface area (TPSA) is 53.8 Å². The van der Waals surface area contributed by atoms with E-state index < -0.39 is 6.04 Å². The van der Waals surface area contributed by atoms with Gasteiger partial charge in [-0.15, -0.1) is 0 Å². The van der Waals surface area contributed by atoms with Gasteiger partial charge in [0.05, 0.1) is 17.0 Å². The average Bonchev–Trinajstić information content (AvgIpc) is 3.04. The molecule has 5 nitrogen and oxygen atoms in total. The van der Waals surface area contributed by atoms with Crippen molar-refractivity contribution in [3.63, 3.8) is 0 Å². The standard InChI is InChI=1S/C24H25ClN2O3/c1-3-26(4-2)13-8-14-27-21(16-9-6-5-7-10-16)20-22(28)18-15-17(25)11-12-19(18)30-23(20)24(27)29/h5-7,9-12,15,21H,3-4,8,13-14H2,1-2H3/t21-/m1/s1. The summed E-state index contributed by atoms with van der Waals surface area (Å²) in [4.78, 5) is 30.8. The third-order valence-electron chi connectivity index (χ3n) is 5.81. The molecule has 156 valence electrons. The summed E-state index contributed by atoms with van der Waals surface area (Å²) < 4.78 is 5.94. The number of carbonyl (C=O) groups is 1. The molecule has 0 bridgehead atoms. The van der Waals surface area contributed by atoms with E-state index in [9.17, 15) is 9.59 Å². The minimum atomic E-state index is -0.454. The molecule has 1 aliphatic heterocycles. The summed E-state index contributed by atoms with van der Waals surface area (Å²) in [6.07, 6.45) is 0.824. The Labute approximate surface area is 180 Å². The van der Waals surface area contributed by atoms with Crippen molar-refractivity contribution in [2.45, 2.75) is 26.3 Å². The van der Waals surface area contributed by atoms with Gasteiger partial charge >= 0.3 is 0 Å². The predicted octanol–water partition coefficient (Wildman–Crippen LogP) is 4.72. The second-order valence-electron chi connectivity index (χ2n) is 7.51. The van der Waals surface area contributed by atoms with Crippen LogP contribution in [0.3, 0.4) is 0 Å². The zero-order valence-corrected chi connectivity index (χ0v) is 18.0. The fourth-order valence-corrected chi connectivity index (χ4v) is 4.38. The molecule has 1 aromatic heterocycles. The van der Waals surface area contributed by atoms with Gasteiger partial charge in [-0.25, -0.2) is 0 Å². The highest BCUT2D eigenvalue weighted by Gasteiger charge is 2.42. The van der Waals surface area contributed by atoms with Crippen LogP contribution in [-0.4, -0.2) is 41.9 Å². The molecule has 0 radical (unpaired) electrons. The van der Waals surface area contributed by atoms with Gasteiger partial charge in [-0.3, -0.25) is 9.59 Å². The van der Waals surface area contributed by atoms with Crippen molar-refractivity contribution in [3.8, 4) is 0 Å². The second kappa shape index (κ2) is 8.62. The highest BCUT2D eigenvalue weighted by atomic mass is 35.5. The van der Waals surface area contributed by atoms with Crippen LogP contribution < -0.4 is 5.43 Å². The van der Waals surface area contributed by atoms with Crippen molar-refractivity contribution < 1.29 is 9.21 Å². The lowest BCUT2D eigenvalue weighted by molar-refractivity contribution is 0.0720. The number of amides is 1. The molecule has 0 saturated heterocycles. The van der Waals surface area contributed by atoms with E-state index >= 15 is 0 Å². The minimum absolute atomic E-state index is 0.145. The molecule has 0 unspecified atom stereocenters. The summed E-state index contributed by atoms with van der Waals surface area (Å²) in [5, 5.41) is 0.867. The second-order valence-corrected chi connectivity index (χ2v) is 7.94. The van der Waals surface area contributed by atoms with Crippen LogP contribution in [0.5, 0.6) is 0 Å². The Morgan fingerprint density at radius 1 is 1.07 bits per heavy atom. The van der Waals surface area contributed by atoms with Gasteiger partial charge in [0.15, 0.2) is 5.43 Å². The van der Waals surface area contributed by atoms with E-state index in [4.69, 9.17) is 16.0 Å². The lowest BCUT2D eigenvalue weighted by atomic mass is 9.98. The normalized spacial score (nSPS) is 15.9. The number of fused-ring (bicyclic) bond motifs is 2. The SMILES string of the molecule is CCN(CC)CCCN1C(=O)c2oc3ccc(Cl)cc3c(=O)c2[C@H]1c1ccccc1. The molecular formula is C24H25ClN2O3. The first-order valence-electron chi connectivity index (χ1n) is 10.4. The predicted molar refractivity (Wildman–Crippen MR) is 119 cm³/mol. The van der Waals surface area contributed by atoms with Crippen molar-refractivity contribution in [2.24, 2.45) is 0 Å². The van der Waals surface area contributed by atoms with Crippen molar-refractivity contribution in [1.29, 1.82) is 0 Å². The third-order valence-corrected chi connectivity index (χ3v) is 6.05. The Kier molecular flexibility index (Phi) is 5.93. The number of halogens is 1. The number of carbonyl (C=O) groups excluding carboxylic acids is 1. The highest BCUT2D eigenvalue weighted by molar-refractivity contribution is 6.31. The molecular weight excluding hydrogens is 400 g/mol. The molecule has 0 saturated carbocycles. The van der Waals surface area contributed by atoms with E-state index in [1.54, 1.807) is 23.1 Å². The molecule has 30 heavy (non-hydrogen) atoms. The zero-order chi connectivity index (χ0) is 21.3. The molecule has 0 aliphatic carbocycles. The Morgan fingerprint density at radius 2 is 1.80 bits per heavy atom. The van der Waals surface area contributed by atoms with Crippen LogP contribution in [0.4, 0.5) is 0 Å². The maximum atomic E-state index is 13.4. The third kappa shape index (κ3) is 3.64. The van der Waals surface area contributed by atoms with Crippen molar-refractivity contribution in [1.82, 2.24) is 9.80 Å². The Morgan fingerprint density at radius 3 is 2.50 bits per heavy atom. The van der Waals surface area contributed by atoms with Crippen LogP contribution in [-0.2, 0) is 0 Å². The van der Waals surface area contributed by atoms with Crippen molar-refractivity contribution >= 4 is 28.5 Å². The van der Waals surface area contributed by atoms with E-state index in [1.165, 1.54) is 0 Å². The molecule has 4 rings (SSSR count). The summed E-state index contributed by atoms with van der Waals surface area (Å²) in [6, 6.07) is 14.1. The van der Waals surface area contributed by atoms with Gasteiger partial charge in [-0.05, 0) is 49.8 Å². The highest BCUT2D eigenvalue weighted by Crippen LogP contribution is 2.38. The zero-order valence-electron chi connectivity index (χ0n) is 17.2. The molecule has 3 aromatic rings. The first-order chi connectivity index (χ1) is 14.5. The fourth-order valence-electron chi connectivity index (χ4n) is 4.21. The number of nitrogens with zero attached hydrogens (tertiary/aromatic N) is 2. The Bertz CT molecular complexity index is 1120. The van der Waals surface area contributed by atoms with Gasteiger partial charge in [0.25, 0.3) is 5.91 Å². The van der Waals surface area contributed by atoms with Crippen LogP contribution in [0.1, 0.15) is 48.0 Å². The van der Waals surface area contributed by atoms with Gasteiger partial charge in [0.2, 0.25) is 5.76 Å². The Hall–Kier alpha value is -2.63. The lowest BCUT2D eigenvalue weighted by Gasteiger charge is -2.26. The number of benzene rings is 2. The monoisotopic (exact) mass is 424 g/mol. The van der Waals surface area contributed by atoms with Gasteiger partial charge in [0.1, 0.15) is 5.58 Å². The van der Waals surface area contributed by atoms with E-state index in [-0.39, 0.29) is 17.1 Å². The maximum Gasteiger partial charge on any atom is 0.290 e. The van der Waals surface area contributed by atoms with Crippen LogP contribution in [0.2, 0.25) is 5.02 Å². The first-order valence-corrected chi connectivity index (χ1v) is 10.8.